The zero-order chi connectivity index (χ0) is 17.8. The summed E-state index contributed by atoms with van der Waals surface area (Å²) in [6, 6.07) is 11.6. The largest absolute Gasteiger partial charge is 0.483 e. The van der Waals surface area contributed by atoms with Crippen molar-refractivity contribution in [3.63, 3.8) is 0 Å². The van der Waals surface area contributed by atoms with Crippen LogP contribution in [-0.2, 0) is 4.79 Å². The van der Waals surface area contributed by atoms with E-state index in [0.29, 0.717) is 0 Å². The standard InChI is InChI=1S/C19H19N3O2S/c1-12-4-5-13(2)19(14(12)3)24-11-18(23)21-16-8-6-15(7-9-16)17-10-20-22-25-17/h4-10H,11H2,1-3H3,(H,21,23). The summed E-state index contributed by atoms with van der Waals surface area (Å²) in [5.41, 5.74) is 4.99. The topological polar surface area (TPSA) is 64.1 Å². The van der Waals surface area contributed by atoms with Crippen molar-refractivity contribution >= 4 is 23.1 Å². The summed E-state index contributed by atoms with van der Waals surface area (Å²) in [5, 5.41) is 6.67. The fourth-order valence-corrected chi connectivity index (χ4v) is 3.01. The SMILES string of the molecule is Cc1ccc(C)c(OCC(=O)Nc2ccc(-c3cnns3)cc2)c1C. The maximum atomic E-state index is 12.2. The molecular formula is C19H19N3O2S. The molecule has 0 spiro atoms. The normalized spacial score (nSPS) is 10.5. The predicted octanol–water partition coefficient (Wildman–Crippen LogP) is 4.15. The fraction of sp³-hybridized carbons (Fsp3) is 0.211. The van der Waals surface area contributed by atoms with E-state index in [-0.39, 0.29) is 12.5 Å². The molecule has 0 aliphatic heterocycles. The van der Waals surface area contributed by atoms with E-state index in [0.717, 1.165) is 38.6 Å². The lowest BCUT2D eigenvalue weighted by atomic mass is 10.1. The Labute approximate surface area is 150 Å². The minimum atomic E-state index is -0.187. The van der Waals surface area contributed by atoms with Crippen LogP contribution in [0, 0.1) is 20.8 Å². The number of rotatable bonds is 5. The first kappa shape index (κ1) is 17.1. The summed E-state index contributed by atoms with van der Waals surface area (Å²) in [6.45, 7) is 5.99. The second-order valence-electron chi connectivity index (χ2n) is 5.85. The van der Waals surface area contributed by atoms with Crippen molar-refractivity contribution in [2.45, 2.75) is 20.8 Å². The van der Waals surface area contributed by atoms with Gasteiger partial charge in [0.05, 0.1) is 11.1 Å². The quantitative estimate of drug-likeness (QED) is 0.748. The number of benzene rings is 2. The Balaban J connectivity index is 1.61. The van der Waals surface area contributed by atoms with Crippen LogP contribution in [0.3, 0.4) is 0 Å². The van der Waals surface area contributed by atoms with Gasteiger partial charge in [-0.15, -0.1) is 5.10 Å². The van der Waals surface area contributed by atoms with Gasteiger partial charge in [-0.2, -0.15) is 0 Å². The third kappa shape index (κ3) is 4.03. The molecule has 25 heavy (non-hydrogen) atoms. The first-order valence-electron chi connectivity index (χ1n) is 7.92. The number of ether oxygens (including phenoxy) is 1. The average molecular weight is 353 g/mol. The second-order valence-corrected chi connectivity index (χ2v) is 6.64. The fourth-order valence-electron chi connectivity index (χ4n) is 2.49. The molecule has 0 aliphatic carbocycles. The summed E-state index contributed by atoms with van der Waals surface area (Å²) >= 11 is 1.34. The zero-order valence-electron chi connectivity index (χ0n) is 14.4. The zero-order valence-corrected chi connectivity index (χ0v) is 15.2. The minimum Gasteiger partial charge on any atom is -0.483 e. The highest BCUT2D eigenvalue weighted by molar-refractivity contribution is 7.09. The number of hydrogen-bond donors (Lipinski definition) is 1. The number of aromatic nitrogens is 2. The van der Waals surface area contributed by atoms with Gasteiger partial charge < -0.3 is 10.1 Å². The van der Waals surface area contributed by atoms with E-state index < -0.39 is 0 Å². The summed E-state index contributed by atoms with van der Waals surface area (Å²) < 4.78 is 9.59. The van der Waals surface area contributed by atoms with Crippen molar-refractivity contribution in [1.82, 2.24) is 9.59 Å². The molecule has 0 saturated heterocycles. The summed E-state index contributed by atoms with van der Waals surface area (Å²) in [5.74, 6) is 0.593. The molecule has 0 aliphatic rings. The number of nitrogens with zero attached hydrogens (tertiary/aromatic N) is 2. The number of anilines is 1. The Hall–Kier alpha value is -2.73. The molecule has 6 heteroatoms. The Morgan fingerprint density at radius 2 is 1.80 bits per heavy atom. The molecule has 1 N–H and O–H groups in total. The van der Waals surface area contributed by atoms with E-state index >= 15 is 0 Å². The molecule has 0 saturated carbocycles. The van der Waals surface area contributed by atoms with Crippen LogP contribution >= 0.6 is 11.5 Å². The van der Waals surface area contributed by atoms with Crippen LogP contribution in [0.5, 0.6) is 5.75 Å². The van der Waals surface area contributed by atoms with Gasteiger partial charge in [0.15, 0.2) is 6.61 Å². The Bertz CT molecular complexity index is 874. The Kier molecular flexibility index (Phi) is 5.09. The van der Waals surface area contributed by atoms with Crippen LogP contribution in [0.15, 0.2) is 42.6 Å². The molecule has 3 rings (SSSR count). The molecule has 2 aromatic carbocycles. The van der Waals surface area contributed by atoms with E-state index in [1.807, 2.05) is 51.1 Å². The van der Waals surface area contributed by atoms with Crippen LogP contribution < -0.4 is 10.1 Å². The van der Waals surface area contributed by atoms with E-state index in [2.05, 4.69) is 21.0 Å². The van der Waals surface area contributed by atoms with E-state index in [9.17, 15) is 4.79 Å². The van der Waals surface area contributed by atoms with Gasteiger partial charge in [-0.25, -0.2) is 0 Å². The number of hydrogen-bond acceptors (Lipinski definition) is 5. The first-order valence-corrected chi connectivity index (χ1v) is 8.69. The number of carbonyl (C=O) groups excluding carboxylic acids is 1. The van der Waals surface area contributed by atoms with Gasteiger partial charge in [0.2, 0.25) is 0 Å². The summed E-state index contributed by atoms with van der Waals surface area (Å²) in [7, 11) is 0. The Morgan fingerprint density at radius 3 is 2.48 bits per heavy atom. The lowest BCUT2D eigenvalue weighted by molar-refractivity contribution is -0.118. The molecule has 0 radical (unpaired) electrons. The van der Waals surface area contributed by atoms with Gasteiger partial charge in [-0.1, -0.05) is 28.8 Å². The van der Waals surface area contributed by atoms with Crippen molar-refractivity contribution in [1.29, 1.82) is 0 Å². The molecule has 1 heterocycles. The smallest absolute Gasteiger partial charge is 0.262 e. The molecule has 0 atom stereocenters. The van der Waals surface area contributed by atoms with Gasteiger partial charge in [0, 0.05) is 5.69 Å². The third-order valence-electron chi connectivity index (χ3n) is 4.04. The van der Waals surface area contributed by atoms with Crippen LogP contribution in [0.4, 0.5) is 5.69 Å². The highest BCUT2D eigenvalue weighted by atomic mass is 32.1. The van der Waals surface area contributed by atoms with Crippen molar-refractivity contribution in [2.75, 3.05) is 11.9 Å². The molecule has 0 fully saturated rings. The van der Waals surface area contributed by atoms with Gasteiger partial charge in [-0.3, -0.25) is 4.79 Å². The van der Waals surface area contributed by atoms with Crippen molar-refractivity contribution in [3.8, 4) is 16.2 Å². The van der Waals surface area contributed by atoms with Gasteiger partial charge >= 0.3 is 0 Å². The molecular weight excluding hydrogens is 334 g/mol. The molecule has 1 aromatic heterocycles. The molecule has 0 unspecified atom stereocenters. The van der Waals surface area contributed by atoms with Crippen molar-refractivity contribution in [2.24, 2.45) is 0 Å². The average Bonchev–Trinajstić information content (AvgIpc) is 3.13. The molecule has 1 amide bonds. The van der Waals surface area contributed by atoms with Gasteiger partial charge in [0.25, 0.3) is 5.91 Å². The maximum absolute atomic E-state index is 12.2. The maximum Gasteiger partial charge on any atom is 0.262 e. The van der Waals surface area contributed by atoms with E-state index in [4.69, 9.17) is 4.74 Å². The minimum absolute atomic E-state index is 0.0222. The number of aryl methyl sites for hydroxylation is 2. The molecule has 3 aromatic rings. The number of carbonyl (C=O) groups is 1. The monoisotopic (exact) mass is 353 g/mol. The highest BCUT2D eigenvalue weighted by Gasteiger charge is 2.10. The number of amides is 1. The predicted molar refractivity (Wildman–Crippen MR) is 100 cm³/mol. The van der Waals surface area contributed by atoms with E-state index in [1.165, 1.54) is 11.5 Å². The molecule has 0 bridgehead atoms. The van der Waals surface area contributed by atoms with Gasteiger partial charge in [-0.05, 0) is 66.7 Å². The number of nitrogens with one attached hydrogen (secondary N) is 1. The summed E-state index contributed by atoms with van der Waals surface area (Å²) in [4.78, 5) is 13.1. The van der Waals surface area contributed by atoms with Crippen LogP contribution in [0.1, 0.15) is 16.7 Å². The third-order valence-corrected chi connectivity index (χ3v) is 4.75. The van der Waals surface area contributed by atoms with Crippen LogP contribution in [0.2, 0.25) is 0 Å². The highest BCUT2D eigenvalue weighted by Crippen LogP contribution is 2.26. The lowest BCUT2D eigenvalue weighted by Crippen LogP contribution is -2.20. The van der Waals surface area contributed by atoms with Crippen LogP contribution in [-0.4, -0.2) is 22.1 Å². The lowest BCUT2D eigenvalue weighted by Gasteiger charge is -2.14. The Morgan fingerprint density at radius 1 is 1.08 bits per heavy atom. The van der Waals surface area contributed by atoms with Crippen molar-refractivity contribution < 1.29 is 9.53 Å². The van der Waals surface area contributed by atoms with Gasteiger partial charge in [0.1, 0.15) is 5.75 Å². The van der Waals surface area contributed by atoms with Crippen LogP contribution in [0.25, 0.3) is 10.4 Å². The molecule has 128 valence electrons. The van der Waals surface area contributed by atoms with E-state index in [1.54, 1.807) is 6.20 Å². The summed E-state index contributed by atoms with van der Waals surface area (Å²) in [6.07, 6.45) is 1.72. The van der Waals surface area contributed by atoms with Crippen molar-refractivity contribution in [3.05, 3.63) is 59.3 Å². The first-order chi connectivity index (χ1) is 12.0. The second kappa shape index (κ2) is 7.44. The molecule has 5 nitrogen and oxygen atoms in total.